The molecule has 5 heteroatoms. The lowest BCUT2D eigenvalue weighted by Crippen LogP contribution is -2.32. The van der Waals surface area contributed by atoms with Gasteiger partial charge in [-0.1, -0.05) is 26.7 Å². The van der Waals surface area contributed by atoms with Gasteiger partial charge >= 0.3 is 0 Å². The molecular weight excluding hydrogens is 224 g/mol. The van der Waals surface area contributed by atoms with Gasteiger partial charge in [0.25, 0.3) is 0 Å². The molecule has 0 aromatic heterocycles. The Balaban J connectivity index is 3.54. The molecule has 16 heavy (non-hydrogen) atoms. The van der Waals surface area contributed by atoms with Gasteiger partial charge in [-0.25, -0.2) is 13.1 Å². The van der Waals surface area contributed by atoms with Crippen LogP contribution in [0.3, 0.4) is 0 Å². The summed E-state index contributed by atoms with van der Waals surface area (Å²) < 4.78 is 24.1. The first kappa shape index (κ1) is 15.9. The van der Waals surface area contributed by atoms with Crippen LogP contribution in [-0.4, -0.2) is 33.8 Å². The molecule has 4 nitrogen and oxygen atoms in total. The van der Waals surface area contributed by atoms with Crippen molar-refractivity contribution in [2.75, 3.05) is 19.3 Å². The fourth-order valence-corrected chi connectivity index (χ4v) is 2.21. The minimum absolute atomic E-state index is 0.525. The average molecular weight is 250 g/mol. The summed E-state index contributed by atoms with van der Waals surface area (Å²) in [5.74, 6) is 0. The predicted octanol–water partition coefficient (Wildman–Crippen LogP) is 1.48. The number of rotatable bonds is 10. The molecule has 0 saturated carbocycles. The fraction of sp³-hybridized carbons (Fsp3) is 1.00. The Kier molecular flexibility index (Phi) is 8.89. The minimum Gasteiger partial charge on any atom is -0.314 e. The summed E-state index contributed by atoms with van der Waals surface area (Å²) in [7, 11) is -3.02. The van der Waals surface area contributed by atoms with Crippen molar-refractivity contribution in [2.45, 2.75) is 52.0 Å². The number of nitrogens with one attached hydrogen (secondary N) is 2. The van der Waals surface area contributed by atoms with Crippen molar-refractivity contribution in [3.05, 3.63) is 0 Å². The van der Waals surface area contributed by atoms with E-state index in [-0.39, 0.29) is 0 Å². The molecule has 0 radical (unpaired) electrons. The van der Waals surface area contributed by atoms with E-state index in [1.165, 1.54) is 31.9 Å². The van der Waals surface area contributed by atoms with Gasteiger partial charge in [0.15, 0.2) is 0 Å². The van der Waals surface area contributed by atoms with Gasteiger partial charge in [-0.3, -0.25) is 0 Å². The van der Waals surface area contributed by atoms with Crippen molar-refractivity contribution in [1.82, 2.24) is 10.0 Å². The second-order valence-corrected chi connectivity index (χ2v) is 6.08. The molecule has 98 valence electrons. The summed E-state index contributed by atoms with van der Waals surface area (Å²) in [5.41, 5.74) is 0. The summed E-state index contributed by atoms with van der Waals surface area (Å²) >= 11 is 0. The molecule has 0 atom stereocenters. The Labute approximate surface area is 100 Å². The van der Waals surface area contributed by atoms with E-state index < -0.39 is 10.0 Å². The monoisotopic (exact) mass is 250 g/mol. The lowest BCUT2D eigenvalue weighted by Gasteiger charge is -2.17. The first-order valence-electron chi connectivity index (χ1n) is 6.17. The van der Waals surface area contributed by atoms with Gasteiger partial charge in [0.1, 0.15) is 0 Å². The number of hydrogen-bond acceptors (Lipinski definition) is 3. The Morgan fingerprint density at radius 1 is 1.06 bits per heavy atom. The molecule has 0 unspecified atom stereocenters. The number of hydrogen-bond donors (Lipinski definition) is 2. The zero-order valence-corrected chi connectivity index (χ0v) is 11.6. The lowest BCUT2D eigenvalue weighted by molar-refractivity contribution is 0.440. The Morgan fingerprint density at radius 3 is 2.06 bits per heavy atom. The molecule has 0 aliphatic carbocycles. The highest BCUT2D eigenvalue weighted by molar-refractivity contribution is 7.88. The van der Waals surface area contributed by atoms with Crippen LogP contribution in [0, 0.1) is 0 Å². The molecule has 0 bridgehead atoms. The van der Waals surface area contributed by atoms with E-state index >= 15 is 0 Å². The molecule has 0 spiro atoms. The van der Waals surface area contributed by atoms with Crippen molar-refractivity contribution < 1.29 is 8.42 Å². The summed E-state index contributed by atoms with van der Waals surface area (Å²) in [5, 5.41) is 3.47. The summed E-state index contributed by atoms with van der Waals surface area (Å²) in [6, 6.07) is 0.591. The average Bonchev–Trinajstić information content (AvgIpc) is 2.16. The maximum Gasteiger partial charge on any atom is 0.208 e. The van der Waals surface area contributed by atoms with E-state index in [1.54, 1.807) is 0 Å². The highest BCUT2D eigenvalue weighted by Gasteiger charge is 2.05. The summed E-state index contributed by atoms with van der Waals surface area (Å²) in [6.45, 7) is 5.79. The summed E-state index contributed by atoms with van der Waals surface area (Å²) in [6.07, 6.45) is 6.83. The van der Waals surface area contributed by atoms with Crippen molar-refractivity contribution in [3.8, 4) is 0 Å². The maximum atomic E-state index is 10.8. The topological polar surface area (TPSA) is 58.2 Å². The lowest BCUT2D eigenvalue weighted by atomic mass is 10.1. The molecule has 0 amide bonds. The third kappa shape index (κ3) is 10.4. The second kappa shape index (κ2) is 8.96. The second-order valence-electron chi connectivity index (χ2n) is 4.25. The molecule has 0 aliphatic heterocycles. The largest absolute Gasteiger partial charge is 0.314 e. The van der Waals surface area contributed by atoms with Gasteiger partial charge in [0.2, 0.25) is 10.0 Å². The zero-order chi connectivity index (χ0) is 12.4. The van der Waals surface area contributed by atoms with Crippen molar-refractivity contribution in [2.24, 2.45) is 0 Å². The van der Waals surface area contributed by atoms with Crippen molar-refractivity contribution in [3.63, 3.8) is 0 Å². The van der Waals surface area contributed by atoms with Crippen LogP contribution >= 0.6 is 0 Å². The molecule has 0 aliphatic rings. The van der Waals surface area contributed by atoms with Crippen molar-refractivity contribution >= 4 is 10.0 Å². The van der Waals surface area contributed by atoms with E-state index in [0.29, 0.717) is 12.6 Å². The minimum atomic E-state index is -3.02. The van der Waals surface area contributed by atoms with Gasteiger partial charge < -0.3 is 5.32 Å². The fourth-order valence-electron chi connectivity index (χ4n) is 1.70. The van der Waals surface area contributed by atoms with Crippen LogP contribution in [0.2, 0.25) is 0 Å². The maximum absolute atomic E-state index is 10.8. The van der Waals surface area contributed by atoms with E-state index in [0.717, 1.165) is 13.0 Å². The van der Waals surface area contributed by atoms with Crippen LogP contribution < -0.4 is 10.0 Å². The summed E-state index contributed by atoms with van der Waals surface area (Å²) in [4.78, 5) is 0. The molecule has 0 rings (SSSR count). The van der Waals surface area contributed by atoms with Crippen LogP contribution in [0.1, 0.15) is 46.0 Å². The van der Waals surface area contributed by atoms with Crippen LogP contribution in [-0.2, 0) is 10.0 Å². The van der Waals surface area contributed by atoms with Gasteiger partial charge in [0, 0.05) is 12.6 Å². The standard InChI is InChI=1S/C11H26N2O2S/c1-4-7-11(8-5-2)12-9-6-10-13-16(3,14)15/h11-13H,4-10H2,1-3H3. The quantitative estimate of drug-likeness (QED) is 0.577. The SMILES string of the molecule is CCCC(CCC)NCCCNS(C)(=O)=O. The van der Waals surface area contributed by atoms with Gasteiger partial charge in [-0.15, -0.1) is 0 Å². The molecule has 2 N–H and O–H groups in total. The Morgan fingerprint density at radius 2 is 1.62 bits per heavy atom. The molecule has 0 heterocycles. The van der Waals surface area contributed by atoms with Gasteiger partial charge in [-0.05, 0) is 25.8 Å². The number of sulfonamides is 1. The van der Waals surface area contributed by atoms with Crippen LogP contribution in [0.4, 0.5) is 0 Å². The molecule has 0 fully saturated rings. The first-order chi connectivity index (χ1) is 7.49. The first-order valence-corrected chi connectivity index (χ1v) is 8.06. The van der Waals surface area contributed by atoms with Crippen LogP contribution in [0.25, 0.3) is 0 Å². The third-order valence-corrected chi connectivity index (χ3v) is 3.15. The molecule has 0 saturated heterocycles. The van der Waals surface area contributed by atoms with E-state index in [4.69, 9.17) is 0 Å². The molecular formula is C11H26N2O2S. The third-order valence-electron chi connectivity index (χ3n) is 2.43. The zero-order valence-electron chi connectivity index (χ0n) is 10.8. The van der Waals surface area contributed by atoms with Crippen LogP contribution in [0.15, 0.2) is 0 Å². The van der Waals surface area contributed by atoms with E-state index in [1.807, 2.05) is 0 Å². The van der Waals surface area contributed by atoms with E-state index in [9.17, 15) is 8.42 Å². The van der Waals surface area contributed by atoms with Crippen molar-refractivity contribution in [1.29, 1.82) is 0 Å². The van der Waals surface area contributed by atoms with Crippen LogP contribution in [0.5, 0.6) is 0 Å². The van der Waals surface area contributed by atoms with E-state index in [2.05, 4.69) is 23.9 Å². The Bertz CT molecular complexity index is 247. The smallest absolute Gasteiger partial charge is 0.208 e. The predicted molar refractivity (Wildman–Crippen MR) is 69.1 cm³/mol. The normalized spacial score (nSPS) is 12.2. The Hall–Kier alpha value is -0.130. The molecule has 0 aromatic carbocycles. The molecule has 0 aromatic rings. The van der Waals surface area contributed by atoms with Gasteiger partial charge in [0.05, 0.1) is 6.26 Å². The van der Waals surface area contributed by atoms with Gasteiger partial charge in [-0.2, -0.15) is 0 Å². The highest BCUT2D eigenvalue weighted by atomic mass is 32.2. The highest BCUT2D eigenvalue weighted by Crippen LogP contribution is 2.03.